The minimum absolute atomic E-state index is 0.361. The zero-order valence-corrected chi connectivity index (χ0v) is 16.1. The minimum atomic E-state index is 0.361. The largest absolute Gasteiger partial charge is 0.355 e. The topological polar surface area (TPSA) is 69.8 Å². The lowest BCUT2D eigenvalue weighted by atomic mass is 10.1. The van der Waals surface area contributed by atoms with Gasteiger partial charge in [-0.2, -0.15) is 0 Å². The van der Waals surface area contributed by atoms with Crippen LogP contribution in [0.4, 0.5) is 0 Å². The van der Waals surface area contributed by atoms with Gasteiger partial charge >= 0.3 is 0 Å². The van der Waals surface area contributed by atoms with Crippen LogP contribution in [0.5, 0.6) is 0 Å². The zero-order chi connectivity index (χ0) is 19.1. The van der Waals surface area contributed by atoms with Crippen molar-refractivity contribution in [3.8, 4) is 0 Å². The number of pyridine rings is 1. The molecule has 2 heterocycles. The van der Waals surface area contributed by atoms with E-state index < -0.39 is 0 Å². The molecule has 0 fully saturated rings. The van der Waals surface area contributed by atoms with E-state index in [4.69, 9.17) is 0 Å². The molecule has 0 saturated heterocycles. The van der Waals surface area contributed by atoms with Gasteiger partial charge in [-0.15, -0.1) is 10.2 Å². The number of benzene rings is 1. The number of aromatic nitrogens is 3. The molecular formula is C20H27N7. The Bertz CT molecular complexity index is 870. The maximum absolute atomic E-state index is 4.32. The normalized spacial score (nSPS) is 13.1. The molecule has 0 aliphatic rings. The highest BCUT2D eigenvalue weighted by Gasteiger charge is 2.13. The van der Waals surface area contributed by atoms with Gasteiger partial charge in [-0.3, -0.25) is 9.39 Å². The number of hydrogen-bond donors (Lipinski definition) is 2. The smallest absolute Gasteiger partial charge is 0.191 e. The van der Waals surface area contributed by atoms with Crippen LogP contribution >= 0.6 is 0 Å². The summed E-state index contributed by atoms with van der Waals surface area (Å²) in [6.45, 7) is 1.35. The summed E-state index contributed by atoms with van der Waals surface area (Å²) in [6.07, 6.45) is 2.94. The summed E-state index contributed by atoms with van der Waals surface area (Å²) >= 11 is 0. The number of guanidine groups is 1. The number of aliphatic imine (C=N–C) groups is 1. The van der Waals surface area contributed by atoms with Crippen molar-refractivity contribution in [1.29, 1.82) is 0 Å². The van der Waals surface area contributed by atoms with Gasteiger partial charge in [0.25, 0.3) is 0 Å². The van der Waals surface area contributed by atoms with Crippen LogP contribution in [0.25, 0.3) is 5.65 Å². The van der Waals surface area contributed by atoms with Crippen LogP contribution in [-0.2, 0) is 13.0 Å². The lowest BCUT2D eigenvalue weighted by Crippen LogP contribution is -2.45. The second-order valence-corrected chi connectivity index (χ2v) is 6.66. The van der Waals surface area contributed by atoms with E-state index in [9.17, 15) is 0 Å². The molecule has 7 nitrogen and oxygen atoms in total. The number of nitrogens with zero attached hydrogens (tertiary/aromatic N) is 5. The third-order valence-corrected chi connectivity index (χ3v) is 4.57. The van der Waals surface area contributed by atoms with Crippen molar-refractivity contribution in [2.45, 2.75) is 19.0 Å². The Kier molecular flexibility index (Phi) is 6.38. The van der Waals surface area contributed by atoms with E-state index in [1.165, 1.54) is 5.56 Å². The number of nitrogens with one attached hydrogen (secondary N) is 2. The van der Waals surface area contributed by atoms with Crippen LogP contribution in [0.1, 0.15) is 11.4 Å². The highest BCUT2D eigenvalue weighted by Crippen LogP contribution is 2.06. The predicted octanol–water partition coefficient (Wildman–Crippen LogP) is 1.57. The van der Waals surface area contributed by atoms with Crippen molar-refractivity contribution < 1.29 is 0 Å². The summed E-state index contributed by atoms with van der Waals surface area (Å²) < 4.78 is 1.97. The Hall–Kier alpha value is -2.93. The third kappa shape index (κ3) is 5.04. The lowest BCUT2D eigenvalue weighted by Gasteiger charge is -2.25. The summed E-state index contributed by atoms with van der Waals surface area (Å²) in [5, 5.41) is 15.2. The lowest BCUT2D eigenvalue weighted by molar-refractivity contribution is 0.290. The first kappa shape index (κ1) is 18.8. The molecule has 0 saturated carbocycles. The predicted molar refractivity (Wildman–Crippen MR) is 109 cm³/mol. The molecule has 142 valence electrons. The molecule has 7 heteroatoms. The molecule has 1 unspecified atom stereocenters. The first-order valence-electron chi connectivity index (χ1n) is 9.11. The second-order valence-electron chi connectivity index (χ2n) is 6.66. The van der Waals surface area contributed by atoms with Gasteiger partial charge < -0.3 is 15.5 Å². The van der Waals surface area contributed by atoms with Crippen LogP contribution in [0.15, 0.2) is 59.7 Å². The monoisotopic (exact) mass is 365 g/mol. The van der Waals surface area contributed by atoms with Crippen LogP contribution in [0.3, 0.4) is 0 Å². The van der Waals surface area contributed by atoms with Crippen LogP contribution < -0.4 is 10.6 Å². The summed E-state index contributed by atoms with van der Waals surface area (Å²) in [4.78, 5) is 6.56. The van der Waals surface area contributed by atoms with Gasteiger partial charge in [-0.25, -0.2) is 0 Å². The van der Waals surface area contributed by atoms with Gasteiger partial charge in [0.15, 0.2) is 17.4 Å². The Morgan fingerprint density at radius 1 is 1.07 bits per heavy atom. The van der Waals surface area contributed by atoms with E-state index in [1.54, 1.807) is 7.05 Å². The molecule has 0 aliphatic carbocycles. The van der Waals surface area contributed by atoms with Crippen LogP contribution in [0, 0.1) is 0 Å². The van der Waals surface area contributed by atoms with Crippen LogP contribution in [0.2, 0.25) is 0 Å². The summed E-state index contributed by atoms with van der Waals surface area (Å²) in [5.74, 6) is 1.60. The standard InChI is InChI=1S/C20H27N7/c1-21-20(23-15-19-25-24-18-11-7-8-12-27(18)19)22-14-17(26(2)3)13-16-9-5-4-6-10-16/h4-12,17H,13-15H2,1-3H3,(H2,21,22,23). The maximum Gasteiger partial charge on any atom is 0.191 e. The molecule has 0 amide bonds. The average molecular weight is 365 g/mol. The van der Waals surface area contributed by atoms with Crippen molar-refractivity contribution in [2.24, 2.45) is 4.99 Å². The highest BCUT2D eigenvalue weighted by atomic mass is 15.3. The average Bonchev–Trinajstić information content (AvgIpc) is 3.11. The number of fused-ring (bicyclic) bond motifs is 1. The molecule has 3 rings (SSSR count). The van der Waals surface area contributed by atoms with Crippen molar-refractivity contribution >= 4 is 11.6 Å². The van der Waals surface area contributed by atoms with Crippen LogP contribution in [-0.4, -0.2) is 59.2 Å². The van der Waals surface area contributed by atoms with Crippen molar-refractivity contribution in [3.05, 3.63) is 66.1 Å². The number of hydrogen-bond acceptors (Lipinski definition) is 4. The fourth-order valence-corrected chi connectivity index (χ4v) is 2.93. The van der Waals surface area contributed by atoms with E-state index in [0.29, 0.717) is 12.6 Å². The van der Waals surface area contributed by atoms with Gasteiger partial charge in [-0.05, 0) is 38.2 Å². The molecular weight excluding hydrogens is 338 g/mol. The number of rotatable bonds is 7. The summed E-state index contributed by atoms with van der Waals surface area (Å²) in [6, 6.07) is 16.8. The third-order valence-electron chi connectivity index (χ3n) is 4.57. The van der Waals surface area contributed by atoms with Gasteiger partial charge in [-0.1, -0.05) is 36.4 Å². The minimum Gasteiger partial charge on any atom is -0.355 e. The Balaban J connectivity index is 1.56. The van der Waals surface area contributed by atoms with E-state index in [1.807, 2.05) is 34.9 Å². The van der Waals surface area contributed by atoms with Gasteiger partial charge in [0.1, 0.15) is 0 Å². The first-order valence-corrected chi connectivity index (χ1v) is 9.11. The zero-order valence-electron chi connectivity index (χ0n) is 16.1. The van der Waals surface area contributed by atoms with E-state index >= 15 is 0 Å². The molecule has 1 atom stereocenters. The molecule has 0 aliphatic heterocycles. The quantitative estimate of drug-likeness (QED) is 0.491. The van der Waals surface area contributed by atoms with Gasteiger partial charge in [0.05, 0.1) is 6.54 Å². The molecule has 0 spiro atoms. The fraction of sp³-hybridized carbons (Fsp3) is 0.350. The fourth-order valence-electron chi connectivity index (χ4n) is 2.93. The first-order chi connectivity index (χ1) is 13.2. The van der Waals surface area contributed by atoms with Gasteiger partial charge in [0.2, 0.25) is 0 Å². The summed E-state index contributed by atoms with van der Waals surface area (Å²) in [7, 11) is 5.99. The Labute approximate surface area is 160 Å². The van der Waals surface area contributed by atoms with E-state index in [-0.39, 0.29) is 0 Å². The molecule has 1 aromatic carbocycles. The molecule has 0 bridgehead atoms. The molecule has 2 aromatic heterocycles. The Morgan fingerprint density at radius 3 is 2.59 bits per heavy atom. The van der Waals surface area contributed by atoms with Crippen molar-refractivity contribution in [1.82, 2.24) is 30.1 Å². The number of likely N-dealkylation sites (N-methyl/N-ethyl adjacent to an activating group) is 1. The summed E-state index contributed by atoms with van der Waals surface area (Å²) in [5.41, 5.74) is 2.17. The van der Waals surface area contributed by atoms with Crippen molar-refractivity contribution in [3.63, 3.8) is 0 Å². The second kappa shape index (κ2) is 9.14. The van der Waals surface area contributed by atoms with E-state index in [2.05, 4.69) is 69.1 Å². The van der Waals surface area contributed by atoms with E-state index in [0.717, 1.165) is 30.4 Å². The maximum atomic E-state index is 4.32. The van der Waals surface area contributed by atoms with Crippen molar-refractivity contribution in [2.75, 3.05) is 27.7 Å². The molecule has 3 aromatic rings. The molecule has 0 radical (unpaired) electrons. The highest BCUT2D eigenvalue weighted by molar-refractivity contribution is 5.79. The molecule has 27 heavy (non-hydrogen) atoms. The van der Waals surface area contributed by atoms with Gasteiger partial charge in [0, 0.05) is 25.8 Å². The molecule has 2 N–H and O–H groups in total. The Morgan fingerprint density at radius 2 is 1.85 bits per heavy atom. The SMILES string of the molecule is CN=C(NCc1nnc2ccccn12)NCC(Cc1ccccc1)N(C)C.